The van der Waals surface area contributed by atoms with Crippen molar-refractivity contribution in [2.45, 2.75) is 13.3 Å². The lowest BCUT2D eigenvalue weighted by Gasteiger charge is -2.08. The molecular weight excluding hydrogens is 273 g/mol. The Hall–Kier alpha value is -2.69. The number of carbonyl (C=O) groups excluding carboxylic acids is 2. The van der Waals surface area contributed by atoms with E-state index in [1.54, 1.807) is 31.2 Å². The highest BCUT2D eigenvalue weighted by molar-refractivity contribution is 5.92. The van der Waals surface area contributed by atoms with Crippen LogP contribution in [0.5, 0.6) is 5.75 Å². The Morgan fingerprint density at radius 2 is 1.90 bits per heavy atom. The van der Waals surface area contributed by atoms with Crippen LogP contribution in [0, 0.1) is 5.82 Å². The molecule has 0 spiro atoms. The molecule has 108 valence electrons. The van der Waals surface area contributed by atoms with Crippen molar-refractivity contribution in [2.24, 2.45) is 0 Å². The molecule has 0 aromatic heterocycles. The molecule has 2 rings (SSSR count). The van der Waals surface area contributed by atoms with Gasteiger partial charge < -0.3 is 10.1 Å². The van der Waals surface area contributed by atoms with Crippen molar-refractivity contribution in [2.75, 3.05) is 5.32 Å². The highest BCUT2D eigenvalue weighted by Crippen LogP contribution is 2.19. The molecule has 0 aliphatic rings. The minimum atomic E-state index is -0.785. The van der Waals surface area contributed by atoms with Gasteiger partial charge >= 0.3 is 5.97 Å². The lowest BCUT2D eigenvalue weighted by molar-refractivity contribution is -0.115. The quantitative estimate of drug-likeness (QED) is 0.692. The van der Waals surface area contributed by atoms with E-state index in [9.17, 15) is 14.0 Å². The molecule has 0 atom stereocenters. The number of carbonyl (C=O) groups is 2. The van der Waals surface area contributed by atoms with E-state index in [-0.39, 0.29) is 17.2 Å². The Labute approximate surface area is 121 Å². The third kappa shape index (κ3) is 3.89. The van der Waals surface area contributed by atoms with Crippen LogP contribution in [-0.4, -0.2) is 11.9 Å². The van der Waals surface area contributed by atoms with E-state index in [1.165, 1.54) is 24.3 Å². The number of amides is 1. The zero-order valence-electron chi connectivity index (χ0n) is 11.4. The number of hydrogen-bond donors (Lipinski definition) is 1. The van der Waals surface area contributed by atoms with Gasteiger partial charge in [0, 0.05) is 18.2 Å². The highest BCUT2D eigenvalue weighted by atomic mass is 19.1. The third-order valence-electron chi connectivity index (χ3n) is 2.74. The maximum Gasteiger partial charge on any atom is 0.346 e. The second-order valence-electron chi connectivity index (χ2n) is 4.30. The molecule has 0 saturated carbocycles. The number of hydrogen-bond acceptors (Lipinski definition) is 3. The number of rotatable bonds is 4. The molecule has 4 nitrogen and oxygen atoms in total. The Morgan fingerprint density at radius 3 is 2.62 bits per heavy atom. The molecule has 1 amide bonds. The van der Waals surface area contributed by atoms with Gasteiger partial charge in [-0.05, 0) is 24.3 Å². The number of anilines is 1. The molecular formula is C16H14FNO3. The van der Waals surface area contributed by atoms with E-state index in [4.69, 9.17) is 4.74 Å². The largest absolute Gasteiger partial charge is 0.423 e. The second kappa shape index (κ2) is 6.65. The van der Waals surface area contributed by atoms with Gasteiger partial charge in [-0.3, -0.25) is 4.79 Å². The maximum atomic E-state index is 13.5. The first kappa shape index (κ1) is 14.7. The molecule has 0 unspecified atom stereocenters. The highest BCUT2D eigenvalue weighted by Gasteiger charge is 2.13. The van der Waals surface area contributed by atoms with E-state index < -0.39 is 11.8 Å². The fourth-order valence-electron chi connectivity index (χ4n) is 1.68. The van der Waals surface area contributed by atoms with Gasteiger partial charge in [0.1, 0.15) is 11.6 Å². The summed E-state index contributed by atoms with van der Waals surface area (Å²) in [6.45, 7) is 1.73. The van der Waals surface area contributed by atoms with Gasteiger partial charge in [0.2, 0.25) is 5.91 Å². The third-order valence-corrected chi connectivity index (χ3v) is 2.74. The second-order valence-corrected chi connectivity index (χ2v) is 4.30. The molecule has 0 saturated heterocycles. The molecule has 21 heavy (non-hydrogen) atoms. The molecule has 0 aliphatic heterocycles. The van der Waals surface area contributed by atoms with Crippen LogP contribution in [0.4, 0.5) is 10.1 Å². The molecule has 2 aromatic carbocycles. The fourth-order valence-corrected chi connectivity index (χ4v) is 1.68. The molecule has 5 heteroatoms. The summed E-state index contributed by atoms with van der Waals surface area (Å²) in [5.74, 6) is -1.34. The van der Waals surface area contributed by atoms with E-state index in [0.717, 1.165) is 0 Å². The molecule has 0 fully saturated rings. The lowest BCUT2D eigenvalue weighted by Crippen LogP contribution is -2.12. The summed E-state index contributed by atoms with van der Waals surface area (Å²) in [6.07, 6.45) is 0.346. The average molecular weight is 287 g/mol. The zero-order chi connectivity index (χ0) is 15.2. The van der Waals surface area contributed by atoms with Gasteiger partial charge in [0.15, 0.2) is 0 Å². The molecule has 0 radical (unpaired) electrons. The summed E-state index contributed by atoms with van der Waals surface area (Å²) >= 11 is 0. The summed E-state index contributed by atoms with van der Waals surface area (Å²) in [7, 11) is 0. The standard InChI is InChI=1S/C16H14FNO3/c1-2-15(19)18-11-6-5-7-12(10-11)21-16(20)13-8-3-4-9-14(13)17/h3-10H,2H2,1H3,(H,18,19). The monoisotopic (exact) mass is 287 g/mol. The first-order valence-electron chi connectivity index (χ1n) is 6.46. The van der Waals surface area contributed by atoms with E-state index in [1.807, 2.05) is 0 Å². The molecule has 1 N–H and O–H groups in total. The van der Waals surface area contributed by atoms with Gasteiger partial charge in [0.05, 0.1) is 5.56 Å². The maximum absolute atomic E-state index is 13.5. The number of benzene rings is 2. The van der Waals surface area contributed by atoms with Crippen LogP contribution in [-0.2, 0) is 4.79 Å². The van der Waals surface area contributed by atoms with Gasteiger partial charge in [-0.25, -0.2) is 9.18 Å². The Bertz CT molecular complexity index is 670. The number of nitrogens with one attached hydrogen (secondary N) is 1. The Morgan fingerprint density at radius 1 is 1.14 bits per heavy atom. The van der Waals surface area contributed by atoms with Crippen molar-refractivity contribution >= 4 is 17.6 Å². The van der Waals surface area contributed by atoms with Crippen molar-refractivity contribution in [3.05, 3.63) is 59.9 Å². The summed E-state index contributed by atoms with van der Waals surface area (Å²) in [5.41, 5.74) is 0.376. The number of halogens is 1. The number of ether oxygens (including phenoxy) is 1. The van der Waals surface area contributed by atoms with Gasteiger partial charge in [-0.15, -0.1) is 0 Å². The van der Waals surface area contributed by atoms with Crippen molar-refractivity contribution in [3.8, 4) is 5.75 Å². The van der Waals surface area contributed by atoms with Crippen molar-refractivity contribution in [3.63, 3.8) is 0 Å². The van der Waals surface area contributed by atoms with Crippen LogP contribution in [0.15, 0.2) is 48.5 Å². The minimum absolute atomic E-state index is 0.138. The summed E-state index contributed by atoms with van der Waals surface area (Å²) in [5, 5.41) is 2.65. The van der Waals surface area contributed by atoms with Crippen LogP contribution < -0.4 is 10.1 Å². The summed E-state index contributed by atoms with van der Waals surface area (Å²) in [6, 6.07) is 12.0. The number of esters is 1. The van der Waals surface area contributed by atoms with Crippen LogP contribution in [0.3, 0.4) is 0 Å². The predicted octanol–water partition coefficient (Wildman–Crippen LogP) is 3.39. The van der Waals surface area contributed by atoms with E-state index >= 15 is 0 Å². The van der Waals surface area contributed by atoms with Gasteiger partial charge in [-0.1, -0.05) is 25.1 Å². The normalized spacial score (nSPS) is 10.0. The summed E-state index contributed by atoms with van der Waals surface area (Å²) in [4.78, 5) is 23.2. The van der Waals surface area contributed by atoms with E-state index in [2.05, 4.69) is 5.32 Å². The first-order chi connectivity index (χ1) is 10.1. The Kier molecular flexibility index (Phi) is 4.66. The van der Waals surface area contributed by atoms with Crippen molar-refractivity contribution < 1.29 is 18.7 Å². The topological polar surface area (TPSA) is 55.4 Å². The SMILES string of the molecule is CCC(=O)Nc1cccc(OC(=O)c2ccccc2F)c1. The van der Waals surface area contributed by atoms with Crippen molar-refractivity contribution in [1.82, 2.24) is 0 Å². The predicted molar refractivity (Wildman–Crippen MR) is 76.7 cm³/mol. The van der Waals surface area contributed by atoms with Crippen molar-refractivity contribution in [1.29, 1.82) is 0 Å². The first-order valence-corrected chi connectivity index (χ1v) is 6.46. The van der Waals surface area contributed by atoms with Crippen LogP contribution in [0.2, 0.25) is 0 Å². The molecule has 0 aliphatic carbocycles. The smallest absolute Gasteiger partial charge is 0.346 e. The molecule has 2 aromatic rings. The lowest BCUT2D eigenvalue weighted by atomic mass is 10.2. The molecule has 0 bridgehead atoms. The fraction of sp³-hybridized carbons (Fsp3) is 0.125. The van der Waals surface area contributed by atoms with Gasteiger partial charge in [-0.2, -0.15) is 0 Å². The zero-order valence-corrected chi connectivity index (χ0v) is 11.4. The average Bonchev–Trinajstić information content (AvgIpc) is 2.47. The minimum Gasteiger partial charge on any atom is -0.423 e. The Balaban J connectivity index is 2.13. The van der Waals surface area contributed by atoms with Gasteiger partial charge in [0.25, 0.3) is 0 Å². The van der Waals surface area contributed by atoms with Crippen LogP contribution >= 0.6 is 0 Å². The van der Waals surface area contributed by atoms with Crippen LogP contribution in [0.1, 0.15) is 23.7 Å². The van der Waals surface area contributed by atoms with Crippen LogP contribution in [0.25, 0.3) is 0 Å². The van der Waals surface area contributed by atoms with E-state index in [0.29, 0.717) is 12.1 Å². The summed E-state index contributed by atoms with van der Waals surface area (Å²) < 4.78 is 18.6. The molecule has 0 heterocycles.